The van der Waals surface area contributed by atoms with Crippen LogP contribution in [0.25, 0.3) is 87.9 Å². The molecule has 7 aromatic carbocycles. The molecule has 42 heavy (non-hydrogen) atoms. The number of hydrogen-bond acceptors (Lipinski definition) is 4. The highest BCUT2D eigenvalue weighted by Gasteiger charge is 2.22. The van der Waals surface area contributed by atoms with E-state index < -0.39 is 0 Å². The maximum atomic E-state index is 6.52. The van der Waals surface area contributed by atoms with E-state index in [0.29, 0.717) is 42.9 Å². The van der Waals surface area contributed by atoms with Crippen molar-refractivity contribution in [1.29, 1.82) is 0 Å². The zero-order valence-corrected chi connectivity index (χ0v) is 24.4. The number of rotatable bonds is 2. The molecule has 8 heteroatoms. The monoisotopic (exact) mass is 618 g/mol. The molecule has 0 atom stereocenters. The third-order valence-electron chi connectivity index (χ3n) is 8.09. The average molecular weight is 620 g/mol. The number of hydrogen-bond donors (Lipinski definition) is 0. The molecule has 0 saturated carbocycles. The summed E-state index contributed by atoms with van der Waals surface area (Å²) < 4.78 is 0. The van der Waals surface area contributed by atoms with Gasteiger partial charge in [0.25, 0.3) is 0 Å². The van der Waals surface area contributed by atoms with Crippen LogP contribution in [-0.2, 0) is 0 Å². The fourth-order valence-electron chi connectivity index (χ4n) is 6.34. The van der Waals surface area contributed by atoms with Crippen LogP contribution in [0, 0.1) is 0 Å². The predicted octanol–water partition coefficient (Wildman–Crippen LogP) is 11.0. The van der Waals surface area contributed by atoms with Gasteiger partial charge in [-0.25, -0.2) is 19.9 Å². The van der Waals surface area contributed by atoms with Crippen molar-refractivity contribution in [2.24, 2.45) is 0 Å². The largest absolute Gasteiger partial charge is 0.228 e. The summed E-state index contributed by atoms with van der Waals surface area (Å²) in [6, 6.07) is 27.6. The normalized spacial score (nSPS) is 12.3. The first-order valence-electron chi connectivity index (χ1n) is 13.2. The van der Waals surface area contributed by atoms with Gasteiger partial charge in [0.1, 0.15) is 0 Å². The minimum atomic E-state index is 0.504. The van der Waals surface area contributed by atoms with Gasteiger partial charge in [0.2, 0.25) is 0 Å². The van der Waals surface area contributed by atoms with Crippen LogP contribution >= 0.6 is 46.4 Å². The molecule has 0 unspecified atom stereocenters. The van der Waals surface area contributed by atoms with E-state index in [9.17, 15) is 0 Å². The zero-order chi connectivity index (χ0) is 28.3. The van der Waals surface area contributed by atoms with E-state index in [1.807, 2.05) is 36.4 Å². The molecule has 9 aromatic rings. The highest BCUT2D eigenvalue weighted by Crippen LogP contribution is 2.45. The van der Waals surface area contributed by atoms with Crippen LogP contribution < -0.4 is 0 Å². The first kappa shape index (κ1) is 24.5. The molecule has 0 spiro atoms. The Morgan fingerprint density at radius 1 is 0.333 bits per heavy atom. The van der Waals surface area contributed by atoms with E-state index in [4.69, 9.17) is 66.3 Å². The van der Waals surface area contributed by atoms with Gasteiger partial charge in [0.05, 0.1) is 53.3 Å². The number of benzene rings is 7. The maximum absolute atomic E-state index is 6.52. The Bertz CT molecular complexity index is 2240. The quantitative estimate of drug-likeness (QED) is 0.143. The fraction of sp³-hybridized carbons (Fsp3) is 0. The van der Waals surface area contributed by atoms with Crippen LogP contribution in [-0.4, -0.2) is 19.9 Å². The zero-order valence-electron chi connectivity index (χ0n) is 21.4. The van der Waals surface area contributed by atoms with Crippen molar-refractivity contribution in [2.75, 3.05) is 0 Å². The third kappa shape index (κ3) is 3.26. The van der Waals surface area contributed by atoms with E-state index in [2.05, 4.69) is 24.3 Å². The van der Waals surface area contributed by atoms with Crippen LogP contribution in [0.4, 0.5) is 0 Å². The third-order valence-corrected chi connectivity index (χ3v) is 9.35. The minimum Gasteiger partial charge on any atom is -0.228 e. The molecule has 0 aliphatic heterocycles. The van der Waals surface area contributed by atoms with Crippen LogP contribution in [0.1, 0.15) is 0 Å². The molecule has 9 rings (SSSR count). The first-order chi connectivity index (χ1) is 20.5. The van der Waals surface area contributed by atoms with Gasteiger partial charge in [-0.1, -0.05) is 82.8 Å². The summed E-state index contributed by atoms with van der Waals surface area (Å²) in [6.45, 7) is 0. The topological polar surface area (TPSA) is 51.6 Å². The van der Waals surface area contributed by atoms with Crippen molar-refractivity contribution in [3.63, 3.8) is 0 Å². The van der Waals surface area contributed by atoms with Crippen LogP contribution in [0.5, 0.6) is 0 Å². The number of aromatic nitrogens is 4. The Kier molecular flexibility index (Phi) is 5.10. The Hall–Kier alpha value is -4.06. The van der Waals surface area contributed by atoms with Gasteiger partial charge in [0, 0.05) is 21.5 Å². The first-order valence-corrected chi connectivity index (χ1v) is 14.7. The van der Waals surface area contributed by atoms with E-state index in [1.54, 1.807) is 24.3 Å². The molecular formula is C34H14Cl4N4. The maximum Gasteiger partial charge on any atom is 0.163 e. The van der Waals surface area contributed by atoms with Crippen molar-refractivity contribution >= 4 is 112 Å². The smallest absolute Gasteiger partial charge is 0.163 e. The van der Waals surface area contributed by atoms with Crippen molar-refractivity contribution in [2.45, 2.75) is 0 Å². The number of fused-ring (bicyclic) bond motifs is 2. The summed E-state index contributed by atoms with van der Waals surface area (Å²) in [6.07, 6.45) is 0. The molecule has 0 aliphatic rings. The lowest BCUT2D eigenvalue weighted by atomic mass is 9.88. The molecule has 0 N–H and O–H groups in total. The van der Waals surface area contributed by atoms with E-state index in [1.165, 1.54) is 0 Å². The molecule has 0 bridgehead atoms. The van der Waals surface area contributed by atoms with Gasteiger partial charge in [0.15, 0.2) is 11.6 Å². The van der Waals surface area contributed by atoms with Gasteiger partial charge < -0.3 is 0 Å². The van der Waals surface area contributed by atoms with Gasteiger partial charge in [-0.05, 0) is 70.1 Å². The van der Waals surface area contributed by atoms with Gasteiger partial charge in [-0.3, -0.25) is 0 Å². The summed E-state index contributed by atoms with van der Waals surface area (Å²) in [5.41, 5.74) is 4.60. The molecule has 0 saturated heterocycles. The molecule has 0 aliphatic carbocycles. The lowest BCUT2D eigenvalue weighted by molar-refractivity contribution is 1.26. The Morgan fingerprint density at radius 3 is 0.905 bits per heavy atom. The van der Waals surface area contributed by atoms with Crippen molar-refractivity contribution < 1.29 is 0 Å². The fourth-order valence-corrected chi connectivity index (χ4v) is 7.48. The van der Waals surface area contributed by atoms with Gasteiger partial charge in [-0.15, -0.1) is 0 Å². The molecule has 2 heterocycles. The Balaban J connectivity index is 1.37. The standard InChI is InChI=1S/C34H14Cl4N4/c35-19-3-1-4-20(36)29(19)33-39-23-11-7-15-17-9-13-25-32-26(42-34(41-25)30-21(37)5-2-6-22(30)38)14-10-18(28(17)32)16-8-12-24(40-33)31(23)27(15)16/h1-14H. The summed E-state index contributed by atoms with van der Waals surface area (Å²) in [7, 11) is 0. The number of nitrogens with zero attached hydrogens (tertiary/aromatic N) is 4. The van der Waals surface area contributed by atoms with Crippen molar-refractivity contribution in [3.8, 4) is 22.8 Å². The SMILES string of the molecule is Clc1cccc(Cl)c1-c1nc2ccc3c4ccc5nc(-c6c(Cl)cccc6Cl)nc6ccc(c7ccc(n1)c2c37)c4c56. The molecular weight excluding hydrogens is 606 g/mol. The molecule has 198 valence electrons. The van der Waals surface area contributed by atoms with Gasteiger partial charge >= 0.3 is 0 Å². The molecule has 0 fully saturated rings. The van der Waals surface area contributed by atoms with E-state index in [-0.39, 0.29) is 0 Å². The van der Waals surface area contributed by atoms with Crippen LogP contribution in [0.2, 0.25) is 20.1 Å². The van der Waals surface area contributed by atoms with Crippen molar-refractivity contribution in [1.82, 2.24) is 19.9 Å². The molecule has 2 aromatic heterocycles. The minimum absolute atomic E-state index is 0.504. The second kappa shape index (κ2) is 8.73. The molecule has 0 amide bonds. The second-order valence-electron chi connectivity index (χ2n) is 10.3. The van der Waals surface area contributed by atoms with Crippen molar-refractivity contribution in [3.05, 3.63) is 105 Å². The Labute approximate surface area is 258 Å². The average Bonchev–Trinajstić information content (AvgIpc) is 2.98. The highest BCUT2D eigenvalue weighted by molar-refractivity contribution is 6.41. The molecule has 4 nitrogen and oxygen atoms in total. The van der Waals surface area contributed by atoms with Crippen LogP contribution in [0.3, 0.4) is 0 Å². The van der Waals surface area contributed by atoms with Crippen LogP contribution in [0.15, 0.2) is 84.9 Å². The second-order valence-corrected chi connectivity index (χ2v) is 11.9. The highest BCUT2D eigenvalue weighted by atomic mass is 35.5. The Morgan fingerprint density at radius 2 is 0.619 bits per heavy atom. The lowest BCUT2D eigenvalue weighted by Crippen LogP contribution is -1.98. The summed E-state index contributed by atoms with van der Waals surface area (Å²) in [5, 5.41) is 10.8. The van der Waals surface area contributed by atoms with Gasteiger partial charge in [-0.2, -0.15) is 0 Å². The number of halogens is 4. The van der Waals surface area contributed by atoms with E-state index in [0.717, 1.165) is 65.2 Å². The summed E-state index contributed by atoms with van der Waals surface area (Å²) in [4.78, 5) is 19.7. The molecule has 0 radical (unpaired) electrons. The summed E-state index contributed by atoms with van der Waals surface area (Å²) >= 11 is 26.1. The summed E-state index contributed by atoms with van der Waals surface area (Å²) in [5.74, 6) is 1.01. The van der Waals surface area contributed by atoms with E-state index >= 15 is 0 Å². The lowest BCUT2D eigenvalue weighted by Gasteiger charge is -2.18. The predicted molar refractivity (Wildman–Crippen MR) is 176 cm³/mol.